The number of carbonyl (C=O) groups is 1. The predicted molar refractivity (Wildman–Crippen MR) is 144 cm³/mol. The van der Waals surface area contributed by atoms with E-state index in [4.69, 9.17) is 9.72 Å². The van der Waals surface area contributed by atoms with Gasteiger partial charge in [0.2, 0.25) is 5.91 Å². The Labute approximate surface area is 228 Å². The van der Waals surface area contributed by atoms with E-state index in [9.17, 15) is 28.0 Å². The van der Waals surface area contributed by atoms with Crippen molar-refractivity contribution in [1.29, 1.82) is 5.26 Å². The van der Waals surface area contributed by atoms with E-state index in [-0.39, 0.29) is 30.8 Å². The van der Waals surface area contributed by atoms with Crippen molar-refractivity contribution in [3.63, 3.8) is 0 Å². The molecule has 3 aromatic carbocycles. The van der Waals surface area contributed by atoms with Crippen LogP contribution < -0.4 is 10.9 Å². The van der Waals surface area contributed by atoms with Crippen molar-refractivity contribution in [2.24, 2.45) is 0 Å². The lowest BCUT2D eigenvalue weighted by atomic mass is 9.94. The molecule has 1 unspecified atom stereocenters. The van der Waals surface area contributed by atoms with Gasteiger partial charge >= 0.3 is 6.18 Å². The first kappa shape index (κ1) is 28.5. The number of nitriles is 1. The fourth-order valence-electron chi connectivity index (χ4n) is 4.43. The third kappa shape index (κ3) is 6.21. The van der Waals surface area contributed by atoms with E-state index in [0.717, 1.165) is 12.1 Å². The van der Waals surface area contributed by atoms with Gasteiger partial charge in [-0.05, 0) is 67.9 Å². The molecule has 206 valence electrons. The Hall–Kier alpha value is -4.49. The summed E-state index contributed by atoms with van der Waals surface area (Å²) in [7, 11) is 0. The van der Waals surface area contributed by atoms with Crippen LogP contribution in [-0.2, 0) is 27.7 Å². The molecule has 0 fully saturated rings. The summed E-state index contributed by atoms with van der Waals surface area (Å²) >= 11 is 0. The van der Waals surface area contributed by atoms with Crippen molar-refractivity contribution in [2.75, 3.05) is 13.2 Å². The molecule has 1 aromatic heterocycles. The van der Waals surface area contributed by atoms with Crippen LogP contribution in [0.4, 0.5) is 13.2 Å². The van der Waals surface area contributed by atoms with Gasteiger partial charge in [-0.3, -0.25) is 14.2 Å². The van der Waals surface area contributed by atoms with E-state index < -0.39 is 23.2 Å². The number of halogens is 3. The molecule has 0 aliphatic heterocycles. The van der Waals surface area contributed by atoms with Crippen molar-refractivity contribution < 1.29 is 22.7 Å². The quantitative estimate of drug-likeness (QED) is 0.287. The highest BCUT2D eigenvalue weighted by atomic mass is 19.4. The SMILES string of the molecule is CCOCCC(C)(NC(=O)Cc1ccc(C(F)(F)F)cc1)c1nc2ccccc2c(=O)n1-c1ccc(C#N)cc1. The van der Waals surface area contributed by atoms with Crippen LogP contribution in [0.3, 0.4) is 0 Å². The fourth-order valence-corrected chi connectivity index (χ4v) is 4.43. The zero-order chi connectivity index (χ0) is 28.9. The minimum atomic E-state index is -4.48. The molecule has 0 radical (unpaired) electrons. The standard InChI is InChI=1S/C30H27F3N4O3/c1-3-40-17-16-29(2,36-26(38)18-20-8-12-22(13-9-20)30(31,32)33)28-35-25-7-5-4-6-24(25)27(39)37(28)23-14-10-21(19-34)11-15-23/h4-15H,3,16-18H2,1-2H3,(H,36,38). The molecular weight excluding hydrogens is 521 g/mol. The van der Waals surface area contributed by atoms with Gasteiger partial charge in [-0.2, -0.15) is 18.4 Å². The van der Waals surface area contributed by atoms with Crippen LogP contribution >= 0.6 is 0 Å². The zero-order valence-corrected chi connectivity index (χ0v) is 22.0. The second-order valence-electron chi connectivity index (χ2n) is 9.45. The molecule has 0 bridgehead atoms. The number of aromatic nitrogens is 2. The van der Waals surface area contributed by atoms with Crippen molar-refractivity contribution in [2.45, 2.75) is 38.4 Å². The molecule has 4 aromatic rings. The summed E-state index contributed by atoms with van der Waals surface area (Å²) in [6.45, 7) is 4.24. The molecule has 4 rings (SSSR count). The van der Waals surface area contributed by atoms with E-state index in [1.807, 2.05) is 6.92 Å². The molecule has 0 aliphatic carbocycles. The van der Waals surface area contributed by atoms with Crippen LogP contribution in [0.2, 0.25) is 0 Å². The molecule has 10 heteroatoms. The number of rotatable bonds is 9. The topological polar surface area (TPSA) is 97.0 Å². The average Bonchev–Trinajstić information content (AvgIpc) is 2.93. The Kier molecular flexibility index (Phi) is 8.35. The molecule has 7 nitrogen and oxygen atoms in total. The third-order valence-electron chi connectivity index (χ3n) is 6.54. The van der Waals surface area contributed by atoms with Crippen molar-refractivity contribution in [1.82, 2.24) is 14.9 Å². The number of hydrogen-bond acceptors (Lipinski definition) is 5. The van der Waals surface area contributed by atoms with Gasteiger partial charge < -0.3 is 10.1 Å². The summed E-state index contributed by atoms with van der Waals surface area (Å²) in [5.41, 5.74) is -0.668. The van der Waals surface area contributed by atoms with Crippen LogP contribution in [0.5, 0.6) is 0 Å². The van der Waals surface area contributed by atoms with E-state index >= 15 is 0 Å². The lowest BCUT2D eigenvalue weighted by Gasteiger charge is -2.32. The first-order valence-corrected chi connectivity index (χ1v) is 12.6. The molecule has 0 aliphatic rings. The first-order valence-electron chi connectivity index (χ1n) is 12.6. The first-order chi connectivity index (χ1) is 19.1. The van der Waals surface area contributed by atoms with E-state index in [2.05, 4.69) is 11.4 Å². The molecule has 40 heavy (non-hydrogen) atoms. The number of ether oxygens (including phenoxy) is 1. The highest BCUT2D eigenvalue weighted by Crippen LogP contribution is 2.30. The van der Waals surface area contributed by atoms with Crippen LogP contribution in [0.1, 0.15) is 42.8 Å². The molecule has 1 atom stereocenters. The van der Waals surface area contributed by atoms with Crippen LogP contribution in [-0.4, -0.2) is 28.7 Å². The van der Waals surface area contributed by atoms with Gasteiger partial charge in [0.15, 0.2) is 0 Å². The predicted octanol–water partition coefficient (Wildman–Crippen LogP) is 5.28. The van der Waals surface area contributed by atoms with Gasteiger partial charge in [-0.15, -0.1) is 0 Å². The maximum Gasteiger partial charge on any atom is 0.416 e. The zero-order valence-electron chi connectivity index (χ0n) is 22.0. The lowest BCUT2D eigenvalue weighted by Crippen LogP contribution is -2.48. The van der Waals surface area contributed by atoms with Crippen molar-refractivity contribution in [3.05, 3.63) is 106 Å². The summed E-state index contributed by atoms with van der Waals surface area (Å²) < 4.78 is 45.9. The van der Waals surface area contributed by atoms with E-state index in [1.165, 1.54) is 16.7 Å². The van der Waals surface area contributed by atoms with Crippen LogP contribution in [0.15, 0.2) is 77.6 Å². The van der Waals surface area contributed by atoms with Crippen molar-refractivity contribution >= 4 is 16.8 Å². The van der Waals surface area contributed by atoms with Crippen LogP contribution in [0, 0.1) is 11.3 Å². The normalized spacial score (nSPS) is 13.0. The maximum absolute atomic E-state index is 13.8. The largest absolute Gasteiger partial charge is 0.416 e. The monoisotopic (exact) mass is 548 g/mol. The number of hydrogen-bond donors (Lipinski definition) is 1. The number of nitrogens with one attached hydrogen (secondary N) is 1. The Bertz CT molecular complexity index is 1610. The van der Waals surface area contributed by atoms with Crippen LogP contribution in [0.25, 0.3) is 16.6 Å². The molecule has 1 N–H and O–H groups in total. The van der Waals surface area contributed by atoms with Crippen molar-refractivity contribution in [3.8, 4) is 11.8 Å². The minimum Gasteiger partial charge on any atom is -0.382 e. The van der Waals surface area contributed by atoms with Gasteiger partial charge in [-0.25, -0.2) is 4.98 Å². The molecule has 0 spiro atoms. The second-order valence-corrected chi connectivity index (χ2v) is 9.45. The van der Waals surface area contributed by atoms with Gasteiger partial charge in [0.05, 0.1) is 45.7 Å². The smallest absolute Gasteiger partial charge is 0.382 e. The lowest BCUT2D eigenvalue weighted by molar-refractivity contribution is -0.137. The molecule has 1 amide bonds. The number of nitrogens with zero attached hydrogens (tertiary/aromatic N) is 3. The summed E-state index contributed by atoms with van der Waals surface area (Å²) in [5.74, 6) is -0.214. The number of para-hydroxylation sites is 1. The Morgan fingerprint density at radius 2 is 1.73 bits per heavy atom. The number of fused-ring (bicyclic) bond motifs is 1. The summed E-state index contributed by atoms with van der Waals surface area (Å²) in [4.78, 5) is 31.9. The molecular formula is C30H27F3N4O3. The summed E-state index contributed by atoms with van der Waals surface area (Å²) in [6.07, 6.45) is -4.41. The molecule has 0 saturated carbocycles. The van der Waals surface area contributed by atoms with Gasteiger partial charge in [0.25, 0.3) is 5.56 Å². The van der Waals surface area contributed by atoms with E-state index in [1.54, 1.807) is 55.5 Å². The van der Waals surface area contributed by atoms with E-state index in [0.29, 0.717) is 34.3 Å². The van der Waals surface area contributed by atoms with Gasteiger partial charge in [0.1, 0.15) is 5.82 Å². The Balaban J connectivity index is 1.79. The third-order valence-corrected chi connectivity index (χ3v) is 6.54. The number of benzene rings is 3. The number of carbonyl (C=O) groups excluding carboxylic acids is 1. The minimum absolute atomic E-state index is 0.183. The Morgan fingerprint density at radius 1 is 1.05 bits per heavy atom. The molecule has 1 heterocycles. The van der Waals surface area contributed by atoms with Gasteiger partial charge in [0, 0.05) is 19.6 Å². The summed E-state index contributed by atoms with van der Waals surface area (Å²) in [5, 5.41) is 12.6. The average molecular weight is 549 g/mol. The number of amides is 1. The highest BCUT2D eigenvalue weighted by molar-refractivity contribution is 5.80. The second kappa shape index (κ2) is 11.7. The molecule has 0 saturated heterocycles. The maximum atomic E-state index is 13.8. The summed E-state index contributed by atoms with van der Waals surface area (Å²) in [6, 6.07) is 19.7. The fraction of sp³-hybridized carbons (Fsp3) is 0.267. The van der Waals surface area contributed by atoms with Gasteiger partial charge in [-0.1, -0.05) is 24.3 Å². The Morgan fingerprint density at radius 3 is 2.35 bits per heavy atom. The number of alkyl halides is 3. The highest BCUT2D eigenvalue weighted by Gasteiger charge is 2.35.